The van der Waals surface area contributed by atoms with E-state index in [-0.39, 0.29) is 5.91 Å². The molecule has 1 atom stereocenters. The lowest BCUT2D eigenvalue weighted by Crippen LogP contribution is -2.41. The second-order valence-corrected chi connectivity index (χ2v) is 6.68. The van der Waals surface area contributed by atoms with Gasteiger partial charge in [-0.2, -0.15) is 0 Å². The quantitative estimate of drug-likeness (QED) is 0.763. The molecule has 0 spiro atoms. The number of rotatable bonds is 8. The summed E-state index contributed by atoms with van der Waals surface area (Å²) in [6.07, 6.45) is 4.17. The molecule has 1 aromatic carbocycles. The van der Waals surface area contributed by atoms with E-state index >= 15 is 0 Å². The Bertz CT molecular complexity index is 761. The fourth-order valence-corrected chi connectivity index (χ4v) is 2.88. The first-order valence-corrected chi connectivity index (χ1v) is 8.95. The number of carbonyl (C=O) groups excluding carboxylic acids is 1. The molecule has 2 N–H and O–H groups in total. The van der Waals surface area contributed by atoms with Crippen LogP contribution in [0.1, 0.15) is 30.1 Å². The van der Waals surface area contributed by atoms with Crippen molar-refractivity contribution in [1.29, 1.82) is 0 Å². The molecule has 1 saturated carbocycles. The van der Waals surface area contributed by atoms with Crippen LogP contribution in [0.4, 0.5) is 11.5 Å². The van der Waals surface area contributed by atoms with Gasteiger partial charge in [0.25, 0.3) is 5.91 Å². The number of carbonyl (C=O) groups is 1. The summed E-state index contributed by atoms with van der Waals surface area (Å²) in [5.74, 6) is 1.08. The van der Waals surface area contributed by atoms with E-state index in [0.717, 1.165) is 5.69 Å². The highest BCUT2D eigenvalue weighted by Gasteiger charge is 2.29. The lowest BCUT2D eigenvalue weighted by atomic mass is 10.2. The number of hydrogen-bond acceptors (Lipinski definition) is 5. The number of para-hydroxylation sites is 2. The molecular weight excluding hydrogens is 328 g/mol. The Morgan fingerprint density at radius 2 is 2.08 bits per heavy atom. The largest absolute Gasteiger partial charge is 0.495 e. The molecular formula is C20H26N4O2. The van der Waals surface area contributed by atoms with Gasteiger partial charge in [-0.25, -0.2) is 4.98 Å². The molecule has 2 aromatic rings. The van der Waals surface area contributed by atoms with Gasteiger partial charge in [0.2, 0.25) is 0 Å². The summed E-state index contributed by atoms with van der Waals surface area (Å²) in [6.45, 7) is 2.74. The van der Waals surface area contributed by atoms with Crippen LogP contribution in [0.2, 0.25) is 0 Å². The molecule has 1 aliphatic carbocycles. The topological polar surface area (TPSA) is 66.5 Å². The average Bonchev–Trinajstić information content (AvgIpc) is 3.51. The predicted octanol–water partition coefficient (Wildman–Crippen LogP) is 3.05. The van der Waals surface area contributed by atoms with Crippen LogP contribution in [-0.4, -0.2) is 48.6 Å². The summed E-state index contributed by atoms with van der Waals surface area (Å²) in [5, 5.41) is 6.23. The van der Waals surface area contributed by atoms with E-state index in [1.165, 1.54) is 12.8 Å². The van der Waals surface area contributed by atoms with Crippen LogP contribution in [0.15, 0.2) is 42.6 Å². The number of pyridine rings is 1. The van der Waals surface area contributed by atoms with E-state index < -0.39 is 0 Å². The van der Waals surface area contributed by atoms with Crippen LogP contribution >= 0.6 is 0 Å². The highest BCUT2D eigenvalue weighted by atomic mass is 16.5. The molecule has 1 amide bonds. The molecule has 0 saturated heterocycles. The van der Waals surface area contributed by atoms with Crippen molar-refractivity contribution < 1.29 is 9.53 Å². The fraction of sp³-hybridized carbons (Fsp3) is 0.400. The molecule has 1 fully saturated rings. The Morgan fingerprint density at radius 3 is 2.81 bits per heavy atom. The highest BCUT2D eigenvalue weighted by molar-refractivity contribution is 5.99. The number of anilines is 2. The van der Waals surface area contributed by atoms with E-state index in [1.807, 2.05) is 24.3 Å². The third-order valence-corrected chi connectivity index (χ3v) is 4.79. The number of ether oxygens (including phenoxy) is 1. The van der Waals surface area contributed by atoms with Gasteiger partial charge in [0.1, 0.15) is 11.6 Å². The van der Waals surface area contributed by atoms with Gasteiger partial charge < -0.3 is 15.4 Å². The third-order valence-electron chi connectivity index (χ3n) is 4.79. The summed E-state index contributed by atoms with van der Waals surface area (Å²) in [7, 11) is 3.73. The van der Waals surface area contributed by atoms with Gasteiger partial charge in [-0.1, -0.05) is 12.1 Å². The lowest BCUT2D eigenvalue weighted by Gasteiger charge is -2.24. The number of benzene rings is 1. The minimum absolute atomic E-state index is 0.133. The highest BCUT2D eigenvalue weighted by Crippen LogP contribution is 2.28. The standard InChI is InChI=1S/C20H26N4O2/c1-14(24(2)15-10-11-15)13-22-20(25)16-7-6-12-21-19(16)23-17-8-4-5-9-18(17)26-3/h4-9,12,14-15H,10-11,13H2,1-3H3,(H,21,23)(H,22,25). The van der Waals surface area contributed by atoms with Gasteiger partial charge in [0.15, 0.2) is 0 Å². The van der Waals surface area contributed by atoms with Crippen molar-refractivity contribution in [2.45, 2.75) is 31.8 Å². The molecule has 138 valence electrons. The molecule has 3 rings (SSSR count). The molecule has 0 radical (unpaired) electrons. The molecule has 1 heterocycles. The van der Waals surface area contributed by atoms with Gasteiger partial charge in [-0.05, 0) is 51.1 Å². The van der Waals surface area contributed by atoms with Crippen molar-refractivity contribution in [1.82, 2.24) is 15.2 Å². The molecule has 1 aliphatic rings. The van der Waals surface area contributed by atoms with E-state index in [2.05, 4.69) is 34.5 Å². The zero-order valence-corrected chi connectivity index (χ0v) is 15.5. The minimum atomic E-state index is -0.133. The van der Waals surface area contributed by atoms with Crippen LogP contribution in [0, 0.1) is 0 Å². The van der Waals surface area contributed by atoms with E-state index in [9.17, 15) is 4.79 Å². The van der Waals surface area contributed by atoms with Crippen molar-refractivity contribution >= 4 is 17.4 Å². The summed E-state index contributed by atoms with van der Waals surface area (Å²) in [6, 6.07) is 12.1. The van der Waals surface area contributed by atoms with Crippen molar-refractivity contribution in [2.24, 2.45) is 0 Å². The second-order valence-electron chi connectivity index (χ2n) is 6.68. The molecule has 26 heavy (non-hydrogen) atoms. The smallest absolute Gasteiger partial charge is 0.255 e. The number of aromatic nitrogens is 1. The zero-order valence-electron chi connectivity index (χ0n) is 15.5. The van der Waals surface area contributed by atoms with E-state index in [1.54, 1.807) is 25.4 Å². The monoisotopic (exact) mass is 354 g/mol. The fourth-order valence-electron chi connectivity index (χ4n) is 2.88. The maximum Gasteiger partial charge on any atom is 0.255 e. The van der Waals surface area contributed by atoms with Crippen molar-refractivity contribution in [3.63, 3.8) is 0 Å². The number of methoxy groups -OCH3 is 1. The van der Waals surface area contributed by atoms with Crippen LogP contribution in [0.3, 0.4) is 0 Å². The van der Waals surface area contributed by atoms with Crippen molar-refractivity contribution in [2.75, 3.05) is 26.0 Å². The summed E-state index contributed by atoms with van der Waals surface area (Å²) < 4.78 is 5.36. The summed E-state index contributed by atoms with van der Waals surface area (Å²) >= 11 is 0. The van der Waals surface area contributed by atoms with Crippen LogP contribution in [0.25, 0.3) is 0 Å². The summed E-state index contributed by atoms with van der Waals surface area (Å²) in [5.41, 5.74) is 1.28. The molecule has 1 unspecified atom stereocenters. The normalized spacial score (nSPS) is 14.8. The molecule has 1 aromatic heterocycles. The molecule has 6 heteroatoms. The van der Waals surface area contributed by atoms with Crippen molar-refractivity contribution in [3.05, 3.63) is 48.2 Å². The van der Waals surface area contributed by atoms with Crippen LogP contribution in [0.5, 0.6) is 5.75 Å². The van der Waals surface area contributed by atoms with Crippen LogP contribution in [-0.2, 0) is 0 Å². The van der Waals surface area contributed by atoms with Gasteiger partial charge in [0.05, 0.1) is 18.4 Å². The van der Waals surface area contributed by atoms with Gasteiger partial charge in [0, 0.05) is 24.8 Å². The van der Waals surface area contributed by atoms with E-state index in [0.29, 0.717) is 35.8 Å². The number of nitrogens with zero attached hydrogens (tertiary/aromatic N) is 2. The number of amides is 1. The second kappa shape index (κ2) is 8.19. The Hall–Kier alpha value is -2.60. The first-order valence-electron chi connectivity index (χ1n) is 8.95. The molecule has 0 aliphatic heterocycles. The minimum Gasteiger partial charge on any atom is -0.495 e. The lowest BCUT2D eigenvalue weighted by molar-refractivity contribution is 0.0940. The van der Waals surface area contributed by atoms with Crippen molar-refractivity contribution in [3.8, 4) is 5.75 Å². The first-order chi connectivity index (χ1) is 12.6. The molecule has 0 bridgehead atoms. The van der Waals surface area contributed by atoms with E-state index in [4.69, 9.17) is 4.74 Å². The Balaban J connectivity index is 1.69. The average molecular weight is 354 g/mol. The SMILES string of the molecule is COc1ccccc1Nc1ncccc1C(=O)NCC(C)N(C)C1CC1. The maximum atomic E-state index is 12.7. The first kappa shape index (κ1) is 18.2. The zero-order chi connectivity index (χ0) is 18.5. The maximum absolute atomic E-state index is 12.7. The predicted molar refractivity (Wildman–Crippen MR) is 103 cm³/mol. The third kappa shape index (κ3) is 4.32. The van der Waals surface area contributed by atoms with Gasteiger partial charge >= 0.3 is 0 Å². The Morgan fingerprint density at radius 1 is 1.31 bits per heavy atom. The Labute approximate surface area is 154 Å². The van der Waals surface area contributed by atoms with Gasteiger partial charge in [-0.15, -0.1) is 0 Å². The number of hydrogen-bond donors (Lipinski definition) is 2. The van der Waals surface area contributed by atoms with Crippen LogP contribution < -0.4 is 15.4 Å². The molecule has 6 nitrogen and oxygen atoms in total. The number of likely N-dealkylation sites (N-methyl/N-ethyl adjacent to an activating group) is 1. The number of nitrogens with one attached hydrogen (secondary N) is 2. The van der Waals surface area contributed by atoms with Gasteiger partial charge in [-0.3, -0.25) is 9.69 Å². The summed E-state index contributed by atoms with van der Waals surface area (Å²) in [4.78, 5) is 19.3. The Kier molecular flexibility index (Phi) is 5.73.